The van der Waals surface area contributed by atoms with Gasteiger partial charge >= 0.3 is 0 Å². The van der Waals surface area contributed by atoms with E-state index in [0.29, 0.717) is 18.6 Å². The summed E-state index contributed by atoms with van der Waals surface area (Å²) in [5.74, 6) is 0. The molecule has 0 aromatic heterocycles. The number of aliphatic hydroxyl groups is 2. The van der Waals surface area contributed by atoms with Crippen LogP contribution < -0.4 is 5.32 Å². The summed E-state index contributed by atoms with van der Waals surface area (Å²) in [7, 11) is 0. The zero-order chi connectivity index (χ0) is 14.5. The lowest BCUT2D eigenvalue weighted by Crippen LogP contribution is -2.55. The predicted molar refractivity (Wildman–Crippen MR) is 76.7 cm³/mol. The second-order valence-electron chi connectivity index (χ2n) is 6.64. The zero-order valence-corrected chi connectivity index (χ0v) is 13.1. The summed E-state index contributed by atoms with van der Waals surface area (Å²) in [6.45, 7) is 15.1. The second-order valence-corrected chi connectivity index (χ2v) is 6.64. The van der Waals surface area contributed by atoms with E-state index in [9.17, 15) is 10.2 Å². The molecule has 3 N–H and O–H groups in total. The van der Waals surface area contributed by atoms with Gasteiger partial charge in [0, 0.05) is 24.2 Å². The van der Waals surface area contributed by atoms with E-state index < -0.39 is 6.10 Å². The number of hydrogen-bond donors (Lipinski definition) is 3. The molecule has 4 nitrogen and oxygen atoms in total. The van der Waals surface area contributed by atoms with Gasteiger partial charge in [0.05, 0.1) is 18.8 Å². The van der Waals surface area contributed by atoms with E-state index in [2.05, 4.69) is 37.9 Å². The van der Waals surface area contributed by atoms with Gasteiger partial charge < -0.3 is 15.5 Å². The van der Waals surface area contributed by atoms with Crippen LogP contribution in [0.25, 0.3) is 0 Å². The first-order valence-electron chi connectivity index (χ1n) is 6.90. The molecule has 0 aliphatic heterocycles. The van der Waals surface area contributed by atoms with Gasteiger partial charge in [0.1, 0.15) is 0 Å². The molecule has 0 bridgehead atoms. The monoisotopic (exact) mass is 260 g/mol. The minimum atomic E-state index is -0.570. The Morgan fingerprint density at radius 1 is 1.06 bits per heavy atom. The van der Waals surface area contributed by atoms with Gasteiger partial charge in [0.25, 0.3) is 0 Å². The van der Waals surface area contributed by atoms with Crippen molar-refractivity contribution in [3.05, 3.63) is 0 Å². The Morgan fingerprint density at radius 2 is 1.50 bits per heavy atom. The molecule has 0 spiro atoms. The first-order chi connectivity index (χ1) is 8.08. The molecule has 0 aromatic carbocycles. The summed E-state index contributed by atoms with van der Waals surface area (Å²) < 4.78 is 0. The van der Waals surface area contributed by atoms with Crippen LogP contribution in [0.3, 0.4) is 0 Å². The summed E-state index contributed by atoms with van der Waals surface area (Å²) in [6, 6.07) is 0.479. The van der Waals surface area contributed by atoms with Crippen molar-refractivity contribution >= 4 is 0 Å². The Bertz CT molecular complexity index is 216. The third-order valence-electron chi connectivity index (χ3n) is 3.00. The Balaban J connectivity index is 4.55. The molecule has 0 aliphatic carbocycles. The molecule has 0 radical (unpaired) electrons. The van der Waals surface area contributed by atoms with E-state index in [4.69, 9.17) is 0 Å². The van der Waals surface area contributed by atoms with Gasteiger partial charge in [-0.3, -0.25) is 4.90 Å². The van der Waals surface area contributed by atoms with Crippen LogP contribution in [0.1, 0.15) is 48.5 Å². The van der Waals surface area contributed by atoms with Crippen molar-refractivity contribution in [2.24, 2.45) is 0 Å². The van der Waals surface area contributed by atoms with Crippen LogP contribution >= 0.6 is 0 Å². The highest BCUT2D eigenvalue weighted by Gasteiger charge is 2.26. The van der Waals surface area contributed by atoms with E-state index in [1.165, 1.54) is 0 Å². The van der Waals surface area contributed by atoms with Crippen LogP contribution in [0.2, 0.25) is 0 Å². The Kier molecular flexibility index (Phi) is 7.37. The first-order valence-corrected chi connectivity index (χ1v) is 6.90. The summed E-state index contributed by atoms with van der Waals surface area (Å²) in [4.78, 5) is 2.23. The van der Waals surface area contributed by atoms with Gasteiger partial charge in [-0.1, -0.05) is 0 Å². The molecule has 0 aliphatic rings. The first kappa shape index (κ1) is 17.8. The minimum Gasteiger partial charge on any atom is -0.395 e. The van der Waals surface area contributed by atoms with E-state index in [1.54, 1.807) is 0 Å². The molecular formula is C14H32N2O2. The van der Waals surface area contributed by atoms with E-state index in [1.807, 2.05) is 20.8 Å². The Morgan fingerprint density at radius 3 is 1.78 bits per heavy atom. The minimum absolute atomic E-state index is 0.0531. The molecule has 0 amide bonds. The van der Waals surface area contributed by atoms with Gasteiger partial charge in [-0.25, -0.2) is 0 Å². The third kappa shape index (κ3) is 6.69. The molecule has 4 heteroatoms. The van der Waals surface area contributed by atoms with Gasteiger partial charge in [-0.15, -0.1) is 0 Å². The number of hydrogen-bond acceptors (Lipinski definition) is 4. The van der Waals surface area contributed by atoms with Gasteiger partial charge in [-0.2, -0.15) is 0 Å². The Hall–Kier alpha value is -0.160. The highest BCUT2D eigenvalue weighted by Crippen LogP contribution is 2.10. The van der Waals surface area contributed by atoms with Crippen molar-refractivity contribution in [3.63, 3.8) is 0 Å². The van der Waals surface area contributed by atoms with Crippen molar-refractivity contribution < 1.29 is 10.2 Å². The second kappa shape index (κ2) is 7.43. The number of rotatable bonds is 7. The number of nitrogens with one attached hydrogen (secondary N) is 1. The molecular weight excluding hydrogens is 228 g/mol. The van der Waals surface area contributed by atoms with Crippen molar-refractivity contribution in [1.82, 2.24) is 10.2 Å². The molecule has 18 heavy (non-hydrogen) atoms. The molecule has 2 unspecified atom stereocenters. The maximum absolute atomic E-state index is 10.3. The topological polar surface area (TPSA) is 55.7 Å². The lowest BCUT2D eigenvalue weighted by Gasteiger charge is -2.36. The maximum atomic E-state index is 10.3. The molecule has 0 rings (SSSR count). The molecule has 110 valence electrons. The van der Waals surface area contributed by atoms with Crippen LogP contribution in [0.15, 0.2) is 0 Å². The fraction of sp³-hybridized carbons (Fsp3) is 1.00. The predicted octanol–water partition coefficient (Wildman–Crippen LogP) is 1.22. The zero-order valence-electron chi connectivity index (χ0n) is 13.1. The average molecular weight is 260 g/mol. The molecule has 0 heterocycles. The lowest BCUT2D eigenvalue weighted by atomic mass is 10.0. The van der Waals surface area contributed by atoms with Crippen LogP contribution in [-0.4, -0.2) is 58.0 Å². The van der Waals surface area contributed by atoms with Gasteiger partial charge in [-0.05, 0) is 48.5 Å². The van der Waals surface area contributed by atoms with Gasteiger partial charge in [0.15, 0.2) is 0 Å². The SMILES string of the molecule is CC(C)N(CC(O)C(CO)NC(C)(C)C)C(C)C. The number of aliphatic hydroxyl groups excluding tert-OH is 2. The standard InChI is InChI=1S/C14H32N2O2/c1-10(2)16(11(3)4)8-13(18)12(9-17)15-14(5,6)7/h10-13,15,17-18H,8-9H2,1-7H3. The summed E-state index contributed by atoms with van der Waals surface area (Å²) in [5.41, 5.74) is -0.116. The lowest BCUT2D eigenvalue weighted by molar-refractivity contribution is 0.0272. The molecule has 0 saturated heterocycles. The molecule has 0 aromatic rings. The van der Waals surface area contributed by atoms with Crippen molar-refractivity contribution in [1.29, 1.82) is 0 Å². The fourth-order valence-corrected chi connectivity index (χ4v) is 2.18. The molecule has 2 atom stereocenters. The third-order valence-corrected chi connectivity index (χ3v) is 3.00. The normalized spacial score (nSPS) is 16.7. The fourth-order valence-electron chi connectivity index (χ4n) is 2.18. The summed E-state index contributed by atoms with van der Waals surface area (Å²) in [5, 5.41) is 22.9. The smallest absolute Gasteiger partial charge is 0.0842 e. The van der Waals surface area contributed by atoms with Crippen molar-refractivity contribution in [2.45, 2.75) is 78.2 Å². The Labute approximate surface area is 112 Å². The van der Waals surface area contributed by atoms with E-state index in [0.717, 1.165) is 0 Å². The maximum Gasteiger partial charge on any atom is 0.0842 e. The largest absolute Gasteiger partial charge is 0.395 e. The van der Waals surface area contributed by atoms with E-state index in [-0.39, 0.29) is 18.2 Å². The summed E-state index contributed by atoms with van der Waals surface area (Å²) >= 11 is 0. The van der Waals surface area contributed by atoms with Crippen molar-refractivity contribution in [2.75, 3.05) is 13.2 Å². The van der Waals surface area contributed by atoms with E-state index >= 15 is 0 Å². The van der Waals surface area contributed by atoms with Crippen LogP contribution in [0.5, 0.6) is 0 Å². The van der Waals surface area contributed by atoms with Gasteiger partial charge in [0.2, 0.25) is 0 Å². The quantitative estimate of drug-likeness (QED) is 0.644. The highest BCUT2D eigenvalue weighted by molar-refractivity contribution is 4.85. The molecule has 0 fully saturated rings. The van der Waals surface area contributed by atoms with Crippen LogP contribution in [-0.2, 0) is 0 Å². The average Bonchev–Trinajstić information content (AvgIpc) is 2.19. The van der Waals surface area contributed by atoms with Crippen molar-refractivity contribution in [3.8, 4) is 0 Å². The highest BCUT2D eigenvalue weighted by atomic mass is 16.3. The van der Waals surface area contributed by atoms with Crippen LogP contribution in [0.4, 0.5) is 0 Å². The molecule has 0 saturated carbocycles. The van der Waals surface area contributed by atoms with Crippen LogP contribution in [0, 0.1) is 0 Å². The number of nitrogens with zero attached hydrogens (tertiary/aromatic N) is 1. The summed E-state index contributed by atoms with van der Waals surface area (Å²) in [6.07, 6.45) is -0.570.